The summed E-state index contributed by atoms with van der Waals surface area (Å²) in [7, 11) is 0. The Hall–Kier alpha value is -0.930. The molecule has 0 spiro atoms. The van der Waals surface area contributed by atoms with Crippen molar-refractivity contribution in [3.8, 4) is 10.7 Å². The number of nitrogens with zero attached hydrogens (tertiary/aromatic N) is 2. The summed E-state index contributed by atoms with van der Waals surface area (Å²) in [5, 5.41) is 0.563. The van der Waals surface area contributed by atoms with Gasteiger partial charge in [-0.2, -0.15) is 0 Å². The predicted octanol–water partition coefficient (Wildman–Crippen LogP) is 4.04. The molecule has 2 aromatic heterocycles. The molecule has 0 N–H and O–H groups in total. The first-order valence-electron chi connectivity index (χ1n) is 5.21. The van der Waals surface area contributed by atoms with Crippen LogP contribution in [0.4, 0.5) is 0 Å². The Morgan fingerprint density at radius 2 is 2.00 bits per heavy atom. The summed E-state index contributed by atoms with van der Waals surface area (Å²) in [6.07, 6.45) is 0.880. The lowest BCUT2D eigenvalue weighted by molar-refractivity contribution is 0.979. The molecule has 0 amide bonds. The molecular formula is C12H13ClN2S. The van der Waals surface area contributed by atoms with Gasteiger partial charge in [-0.1, -0.05) is 18.5 Å². The van der Waals surface area contributed by atoms with Gasteiger partial charge in [-0.15, -0.1) is 11.3 Å². The van der Waals surface area contributed by atoms with Crippen LogP contribution in [-0.4, -0.2) is 9.97 Å². The average Bonchev–Trinajstić information content (AvgIpc) is 2.69. The second-order valence-electron chi connectivity index (χ2n) is 3.67. The van der Waals surface area contributed by atoms with Crippen molar-refractivity contribution in [3.05, 3.63) is 33.4 Å². The highest BCUT2D eigenvalue weighted by Crippen LogP contribution is 2.27. The molecule has 0 aliphatic heterocycles. The van der Waals surface area contributed by atoms with Gasteiger partial charge in [-0.25, -0.2) is 9.97 Å². The van der Waals surface area contributed by atoms with Crippen LogP contribution in [0.2, 0.25) is 5.15 Å². The average molecular weight is 253 g/mol. The number of hydrogen-bond acceptors (Lipinski definition) is 3. The molecule has 0 atom stereocenters. The zero-order valence-electron chi connectivity index (χ0n) is 9.54. The van der Waals surface area contributed by atoms with E-state index >= 15 is 0 Å². The summed E-state index contributed by atoms with van der Waals surface area (Å²) >= 11 is 7.80. The summed E-state index contributed by atoms with van der Waals surface area (Å²) in [6, 6.07) is 4.11. The van der Waals surface area contributed by atoms with Gasteiger partial charge in [0, 0.05) is 16.1 Å². The van der Waals surface area contributed by atoms with Gasteiger partial charge in [-0.3, -0.25) is 0 Å². The Kier molecular flexibility index (Phi) is 3.26. The SMILES string of the molecule is CCc1nc(-c2ccc(C)s2)nc(Cl)c1C. The van der Waals surface area contributed by atoms with Gasteiger partial charge >= 0.3 is 0 Å². The summed E-state index contributed by atoms with van der Waals surface area (Å²) in [5.74, 6) is 0.741. The second-order valence-corrected chi connectivity index (χ2v) is 5.32. The lowest BCUT2D eigenvalue weighted by Crippen LogP contribution is -1.98. The molecule has 0 saturated carbocycles. The van der Waals surface area contributed by atoms with E-state index < -0.39 is 0 Å². The third-order valence-electron chi connectivity index (χ3n) is 2.48. The van der Waals surface area contributed by atoms with E-state index in [1.54, 1.807) is 11.3 Å². The molecule has 2 heterocycles. The minimum Gasteiger partial charge on any atom is -0.232 e. The monoisotopic (exact) mass is 252 g/mol. The maximum Gasteiger partial charge on any atom is 0.171 e. The minimum atomic E-state index is 0.563. The zero-order chi connectivity index (χ0) is 11.7. The Morgan fingerprint density at radius 1 is 1.25 bits per heavy atom. The summed E-state index contributed by atoms with van der Waals surface area (Å²) in [6.45, 7) is 6.12. The van der Waals surface area contributed by atoms with Gasteiger partial charge in [-0.05, 0) is 32.4 Å². The largest absolute Gasteiger partial charge is 0.232 e. The van der Waals surface area contributed by atoms with E-state index in [1.165, 1.54) is 4.88 Å². The van der Waals surface area contributed by atoms with Crippen molar-refractivity contribution in [1.29, 1.82) is 0 Å². The van der Waals surface area contributed by atoms with Gasteiger partial charge in [0.25, 0.3) is 0 Å². The summed E-state index contributed by atoms with van der Waals surface area (Å²) in [4.78, 5) is 11.2. The van der Waals surface area contributed by atoms with Crippen LogP contribution in [0.1, 0.15) is 23.1 Å². The van der Waals surface area contributed by atoms with Gasteiger partial charge in [0.2, 0.25) is 0 Å². The minimum absolute atomic E-state index is 0.563. The first-order chi connectivity index (χ1) is 7.61. The van der Waals surface area contributed by atoms with Crippen LogP contribution in [0.15, 0.2) is 12.1 Å². The fourth-order valence-electron chi connectivity index (χ4n) is 1.54. The highest BCUT2D eigenvalue weighted by atomic mass is 35.5. The standard InChI is InChI=1S/C12H13ClN2S/c1-4-9-8(3)11(13)15-12(14-9)10-6-5-7(2)16-10/h5-6H,4H2,1-3H3. The first kappa shape index (κ1) is 11.6. The number of aromatic nitrogens is 2. The number of hydrogen-bond donors (Lipinski definition) is 0. The maximum absolute atomic E-state index is 6.11. The molecule has 2 nitrogen and oxygen atoms in total. The fraction of sp³-hybridized carbons (Fsp3) is 0.333. The van der Waals surface area contributed by atoms with Gasteiger partial charge in [0.05, 0.1) is 4.88 Å². The molecule has 0 radical (unpaired) electrons. The van der Waals surface area contributed by atoms with Crippen LogP contribution in [0, 0.1) is 13.8 Å². The zero-order valence-corrected chi connectivity index (χ0v) is 11.1. The molecule has 0 unspecified atom stereocenters. The third kappa shape index (κ3) is 2.11. The van der Waals surface area contributed by atoms with Crippen LogP contribution in [0.25, 0.3) is 10.7 Å². The Bertz CT molecular complexity index is 520. The molecule has 0 saturated heterocycles. The Labute approximate surface area is 104 Å². The van der Waals surface area contributed by atoms with Gasteiger partial charge in [0.15, 0.2) is 5.82 Å². The number of thiophene rings is 1. The van der Waals surface area contributed by atoms with E-state index in [-0.39, 0.29) is 0 Å². The van der Waals surface area contributed by atoms with E-state index in [9.17, 15) is 0 Å². The molecule has 0 aliphatic rings. The molecule has 0 aromatic carbocycles. The summed E-state index contributed by atoms with van der Waals surface area (Å²) < 4.78 is 0. The van der Waals surface area contributed by atoms with Crippen molar-refractivity contribution in [2.24, 2.45) is 0 Å². The van der Waals surface area contributed by atoms with Crippen molar-refractivity contribution < 1.29 is 0 Å². The fourth-order valence-corrected chi connectivity index (χ4v) is 2.53. The quantitative estimate of drug-likeness (QED) is 0.754. The molecule has 84 valence electrons. The first-order valence-corrected chi connectivity index (χ1v) is 6.41. The van der Waals surface area contributed by atoms with Crippen LogP contribution in [0.5, 0.6) is 0 Å². The maximum atomic E-state index is 6.11. The Balaban J connectivity index is 2.54. The molecule has 0 bridgehead atoms. The lowest BCUT2D eigenvalue weighted by atomic mass is 10.2. The normalized spacial score (nSPS) is 10.8. The van der Waals surface area contributed by atoms with Crippen molar-refractivity contribution >= 4 is 22.9 Å². The van der Waals surface area contributed by atoms with Crippen LogP contribution < -0.4 is 0 Å². The Morgan fingerprint density at radius 3 is 2.56 bits per heavy atom. The highest BCUT2D eigenvalue weighted by molar-refractivity contribution is 7.15. The van der Waals surface area contributed by atoms with Crippen LogP contribution in [-0.2, 0) is 6.42 Å². The van der Waals surface area contributed by atoms with Gasteiger partial charge < -0.3 is 0 Å². The van der Waals surface area contributed by atoms with Crippen molar-refractivity contribution in [3.63, 3.8) is 0 Å². The molecular weight excluding hydrogens is 240 g/mol. The van der Waals surface area contributed by atoms with Crippen molar-refractivity contribution in [2.45, 2.75) is 27.2 Å². The smallest absolute Gasteiger partial charge is 0.171 e. The van der Waals surface area contributed by atoms with Crippen LogP contribution >= 0.6 is 22.9 Å². The lowest BCUT2D eigenvalue weighted by Gasteiger charge is -2.06. The molecule has 4 heteroatoms. The van der Waals surface area contributed by atoms with E-state index in [0.717, 1.165) is 28.4 Å². The van der Waals surface area contributed by atoms with Crippen molar-refractivity contribution in [2.75, 3.05) is 0 Å². The highest BCUT2D eigenvalue weighted by Gasteiger charge is 2.10. The second kappa shape index (κ2) is 4.52. The molecule has 2 rings (SSSR count). The van der Waals surface area contributed by atoms with E-state index in [4.69, 9.17) is 11.6 Å². The number of aryl methyl sites for hydroxylation is 2. The topological polar surface area (TPSA) is 25.8 Å². The van der Waals surface area contributed by atoms with E-state index in [1.807, 2.05) is 13.0 Å². The predicted molar refractivity (Wildman–Crippen MR) is 69.2 cm³/mol. The number of rotatable bonds is 2. The number of halogens is 1. The molecule has 0 aliphatic carbocycles. The molecule has 16 heavy (non-hydrogen) atoms. The van der Waals surface area contributed by atoms with Gasteiger partial charge in [0.1, 0.15) is 5.15 Å². The molecule has 0 fully saturated rings. The summed E-state index contributed by atoms with van der Waals surface area (Å²) in [5.41, 5.74) is 2.02. The van der Waals surface area contributed by atoms with E-state index in [0.29, 0.717) is 5.15 Å². The third-order valence-corrected chi connectivity index (χ3v) is 3.85. The molecule has 2 aromatic rings. The van der Waals surface area contributed by atoms with Crippen LogP contribution in [0.3, 0.4) is 0 Å². The van der Waals surface area contributed by atoms with E-state index in [2.05, 4.69) is 29.9 Å². The van der Waals surface area contributed by atoms with Crippen molar-refractivity contribution in [1.82, 2.24) is 9.97 Å².